The molecule has 2 amide bonds. The topological polar surface area (TPSA) is 77.9 Å². The number of nitrogens with zero attached hydrogens (tertiary/aromatic N) is 2. The van der Waals surface area contributed by atoms with Gasteiger partial charge < -0.3 is 14.9 Å². The maximum atomic E-state index is 13.9. The van der Waals surface area contributed by atoms with E-state index in [1.54, 1.807) is 4.90 Å². The summed E-state index contributed by atoms with van der Waals surface area (Å²) in [7, 11) is 0. The van der Waals surface area contributed by atoms with Gasteiger partial charge in [0.1, 0.15) is 11.6 Å². The number of carboxylic acids is 1. The van der Waals surface area contributed by atoms with Gasteiger partial charge in [0.25, 0.3) is 5.91 Å². The van der Waals surface area contributed by atoms with Crippen LogP contribution in [0.1, 0.15) is 73.3 Å². The summed E-state index contributed by atoms with van der Waals surface area (Å²) in [6, 6.07) is 9.85. The summed E-state index contributed by atoms with van der Waals surface area (Å²) in [6.07, 6.45) is 4.88. The molecular weight excluding hydrogens is 454 g/mol. The lowest BCUT2D eigenvalue weighted by atomic mass is 9.78. The van der Waals surface area contributed by atoms with Crippen LogP contribution < -0.4 is 4.90 Å². The predicted molar refractivity (Wildman–Crippen MR) is 125 cm³/mol. The summed E-state index contributed by atoms with van der Waals surface area (Å²) in [5.74, 6) is -3.29. The number of carbonyl (C=O) groups excluding carboxylic acids is 2. The van der Waals surface area contributed by atoms with Gasteiger partial charge >= 0.3 is 5.97 Å². The molecule has 8 heteroatoms. The number of anilines is 1. The van der Waals surface area contributed by atoms with Crippen molar-refractivity contribution in [2.75, 3.05) is 4.90 Å². The summed E-state index contributed by atoms with van der Waals surface area (Å²) in [4.78, 5) is 41.8. The number of para-hydroxylation sites is 1. The maximum Gasteiger partial charge on any atom is 0.303 e. The number of hydrogen-bond acceptors (Lipinski definition) is 3. The maximum absolute atomic E-state index is 13.9. The average Bonchev–Trinajstić information content (AvgIpc) is 3.26. The number of carboxylic acid groups (broad SMARTS) is 1. The summed E-state index contributed by atoms with van der Waals surface area (Å²) in [5, 5.41) is 9.15. The lowest BCUT2D eigenvalue weighted by Gasteiger charge is -2.51. The van der Waals surface area contributed by atoms with Crippen LogP contribution in [0.25, 0.3) is 0 Å². The van der Waals surface area contributed by atoms with Gasteiger partial charge in [-0.15, -0.1) is 0 Å². The molecule has 1 heterocycles. The van der Waals surface area contributed by atoms with Gasteiger partial charge in [-0.1, -0.05) is 24.6 Å². The van der Waals surface area contributed by atoms with Crippen molar-refractivity contribution in [3.05, 3.63) is 65.2 Å². The van der Waals surface area contributed by atoms with Gasteiger partial charge in [-0.25, -0.2) is 8.78 Å². The molecule has 0 spiro atoms. The van der Waals surface area contributed by atoms with Crippen LogP contribution in [0.4, 0.5) is 14.5 Å². The molecule has 2 aromatic rings. The van der Waals surface area contributed by atoms with Gasteiger partial charge in [0.2, 0.25) is 5.91 Å². The van der Waals surface area contributed by atoms with Gasteiger partial charge in [0.05, 0.1) is 12.5 Å². The smallest absolute Gasteiger partial charge is 0.303 e. The Morgan fingerprint density at radius 2 is 1.63 bits per heavy atom. The minimum atomic E-state index is -1.01. The second-order valence-electron chi connectivity index (χ2n) is 9.78. The van der Waals surface area contributed by atoms with E-state index in [0.29, 0.717) is 5.69 Å². The first-order valence-corrected chi connectivity index (χ1v) is 12.3. The van der Waals surface area contributed by atoms with Gasteiger partial charge in [-0.2, -0.15) is 0 Å². The van der Waals surface area contributed by atoms with E-state index >= 15 is 0 Å². The second kappa shape index (κ2) is 9.40. The Balaban J connectivity index is 1.58. The monoisotopic (exact) mass is 482 g/mol. The SMILES string of the molecule is O=C(O)CCC(=O)N(C1CCC1)C1c2ccccc2N(C(=O)c2cc(F)cc(F)c2)C2CCCC21. The molecule has 5 rings (SSSR count). The number of amides is 2. The van der Waals surface area contributed by atoms with E-state index in [2.05, 4.69) is 0 Å². The van der Waals surface area contributed by atoms with E-state index in [0.717, 1.165) is 62.3 Å². The third kappa shape index (κ3) is 4.30. The number of fused-ring (bicyclic) bond motifs is 2. The molecule has 0 aromatic heterocycles. The Morgan fingerprint density at radius 3 is 2.29 bits per heavy atom. The summed E-state index contributed by atoms with van der Waals surface area (Å²) in [5.41, 5.74) is 1.43. The Labute approximate surface area is 202 Å². The number of benzene rings is 2. The molecule has 3 unspecified atom stereocenters. The Hall–Kier alpha value is -3.29. The van der Waals surface area contributed by atoms with Crippen molar-refractivity contribution in [2.45, 2.75) is 69.5 Å². The Bertz CT molecular complexity index is 1150. The van der Waals surface area contributed by atoms with Gasteiger partial charge in [0, 0.05) is 41.7 Å². The molecule has 35 heavy (non-hydrogen) atoms. The van der Waals surface area contributed by atoms with Crippen LogP contribution in [0.3, 0.4) is 0 Å². The molecule has 2 aliphatic carbocycles. The molecule has 2 fully saturated rings. The molecule has 6 nitrogen and oxygen atoms in total. The highest BCUT2D eigenvalue weighted by atomic mass is 19.1. The molecule has 1 N–H and O–H groups in total. The summed E-state index contributed by atoms with van der Waals surface area (Å²) in [6.45, 7) is 0. The van der Waals surface area contributed by atoms with Crippen molar-refractivity contribution in [1.82, 2.24) is 4.90 Å². The normalized spacial score (nSPS) is 23.3. The Kier molecular flexibility index (Phi) is 6.30. The lowest BCUT2D eigenvalue weighted by molar-refractivity contribution is -0.145. The molecular formula is C27H28F2N2O4. The van der Waals surface area contributed by atoms with Crippen LogP contribution in [0.5, 0.6) is 0 Å². The van der Waals surface area contributed by atoms with Crippen LogP contribution in [0.15, 0.2) is 42.5 Å². The molecule has 1 aliphatic heterocycles. The van der Waals surface area contributed by atoms with Crippen LogP contribution >= 0.6 is 0 Å². The first-order valence-electron chi connectivity index (χ1n) is 12.3. The van der Waals surface area contributed by atoms with Crippen LogP contribution in [-0.4, -0.2) is 39.9 Å². The molecule has 0 saturated heterocycles. The highest BCUT2D eigenvalue weighted by Crippen LogP contribution is 2.52. The fraction of sp³-hybridized carbons (Fsp3) is 0.444. The minimum Gasteiger partial charge on any atom is -0.481 e. The van der Waals surface area contributed by atoms with E-state index in [-0.39, 0.29) is 48.4 Å². The van der Waals surface area contributed by atoms with Gasteiger partial charge in [-0.3, -0.25) is 14.4 Å². The van der Waals surface area contributed by atoms with Crippen LogP contribution in [0, 0.1) is 17.6 Å². The standard InChI is InChI=1S/C27H28F2N2O4/c28-17-13-16(14-18(29)15-17)27(35)31-22-9-2-1-7-20(22)26(21-8-4-10-23(21)31)30(19-5-3-6-19)24(32)11-12-25(33)34/h1-2,7,9,13-15,19,21,23,26H,3-6,8,10-12H2,(H,33,34). The summed E-state index contributed by atoms with van der Waals surface area (Å²) >= 11 is 0. The minimum absolute atomic E-state index is 0.0402. The number of halogens is 2. The molecule has 2 saturated carbocycles. The molecule has 0 bridgehead atoms. The van der Waals surface area contributed by atoms with E-state index < -0.39 is 23.5 Å². The zero-order valence-electron chi connectivity index (χ0n) is 19.3. The first kappa shape index (κ1) is 23.5. The van der Waals surface area contributed by atoms with Crippen molar-refractivity contribution in [1.29, 1.82) is 0 Å². The van der Waals surface area contributed by atoms with Crippen LogP contribution in [-0.2, 0) is 9.59 Å². The lowest BCUT2D eigenvalue weighted by Crippen LogP contribution is -2.55. The van der Waals surface area contributed by atoms with Gasteiger partial charge in [-0.05, 0) is 55.9 Å². The fourth-order valence-corrected chi connectivity index (χ4v) is 6.05. The largest absolute Gasteiger partial charge is 0.481 e. The second-order valence-corrected chi connectivity index (χ2v) is 9.78. The van der Waals surface area contributed by atoms with Gasteiger partial charge in [0.15, 0.2) is 0 Å². The quantitative estimate of drug-likeness (QED) is 0.623. The highest BCUT2D eigenvalue weighted by Gasteiger charge is 2.50. The predicted octanol–water partition coefficient (Wildman–Crippen LogP) is 5.08. The molecule has 3 aliphatic rings. The van der Waals surface area contributed by atoms with Crippen molar-refractivity contribution < 1.29 is 28.3 Å². The van der Waals surface area contributed by atoms with E-state index in [4.69, 9.17) is 5.11 Å². The number of carbonyl (C=O) groups is 3. The zero-order chi connectivity index (χ0) is 24.7. The average molecular weight is 483 g/mol. The van der Waals surface area contributed by atoms with Crippen molar-refractivity contribution in [3.8, 4) is 0 Å². The van der Waals surface area contributed by atoms with Crippen molar-refractivity contribution >= 4 is 23.5 Å². The van der Waals surface area contributed by atoms with Crippen molar-refractivity contribution in [3.63, 3.8) is 0 Å². The molecule has 184 valence electrons. The third-order valence-electron chi connectivity index (χ3n) is 7.72. The molecule has 0 radical (unpaired) electrons. The zero-order valence-corrected chi connectivity index (χ0v) is 19.3. The van der Waals surface area contributed by atoms with Crippen molar-refractivity contribution in [2.24, 2.45) is 5.92 Å². The van der Waals surface area contributed by atoms with Crippen LogP contribution in [0.2, 0.25) is 0 Å². The van der Waals surface area contributed by atoms with E-state index in [1.807, 2.05) is 29.2 Å². The third-order valence-corrected chi connectivity index (χ3v) is 7.72. The van der Waals surface area contributed by atoms with E-state index in [9.17, 15) is 23.2 Å². The summed E-state index contributed by atoms with van der Waals surface area (Å²) < 4.78 is 27.9. The first-order chi connectivity index (χ1) is 16.8. The molecule has 2 aromatic carbocycles. The number of hydrogen-bond donors (Lipinski definition) is 1. The van der Waals surface area contributed by atoms with E-state index in [1.165, 1.54) is 0 Å². The number of aliphatic carboxylic acids is 1. The highest BCUT2D eigenvalue weighted by molar-refractivity contribution is 6.07. The fourth-order valence-electron chi connectivity index (χ4n) is 6.05. The molecule has 3 atom stereocenters. The Morgan fingerprint density at radius 1 is 0.943 bits per heavy atom. The number of rotatable bonds is 6.